The van der Waals surface area contributed by atoms with Crippen LogP contribution in [0.3, 0.4) is 0 Å². The first-order valence-electron chi connectivity index (χ1n) is 18.5. The van der Waals surface area contributed by atoms with Crippen LogP contribution in [0.1, 0.15) is 79.3 Å². The van der Waals surface area contributed by atoms with Crippen LogP contribution in [0.2, 0.25) is 0 Å². The third kappa shape index (κ3) is 6.19. The maximum absolute atomic E-state index is 15.0. The summed E-state index contributed by atoms with van der Waals surface area (Å²) < 4.78 is 73.5. The number of morpholine rings is 1. The molecule has 1 aliphatic carbocycles. The molecule has 1 N–H and O–H groups in total. The summed E-state index contributed by atoms with van der Waals surface area (Å²) in [4.78, 5) is 16.1. The summed E-state index contributed by atoms with van der Waals surface area (Å²) in [7, 11) is -6.27. The lowest BCUT2D eigenvalue weighted by Gasteiger charge is -2.41. The summed E-state index contributed by atoms with van der Waals surface area (Å²) in [5.74, 6) is 0.226. The molecular weight excluding hydrogens is 691 g/mol. The van der Waals surface area contributed by atoms with Crippen LogP contribution in [0.25, 0.3) is 22.2 Å². The van der Waals surface area contributed by atoms with Gasteiger partial charge >= 0.3 is 10.2 Å². The van der Waals surface area contributed by atoms with Crippen molar-refractivity contribution in [2.24, 2.45) is 0 Å². The summed E-state index contributed by atoms with van der Waals surface area (Å²) in [6.07, 6.45) is 7.87. The fourth-order valence-electron chi connectivity index (χ4n) is 9.34. The number of nitrogens with zero attached hydrogens (tertiary/aromatic N) is 4. The molecule has 1 saturated carbocycles. The Morgan fingerprint density at radius 1 is 0.902 bits per heavy atom. The molecular formula is C37H49N5O7S2. The highest BCUT2D eigenvalue weighted by Crippen LogP contribution is 2.49. The maximum Gasteiger partial charge on any atom is 0.304 e. The van der Waals surface area contributed by atoms with Gasteiger partial charge in [0.1, 0.15) is 10.5 Å². The second-order valence-corrected chi connectivity index (χ2v) is 19.3. The van der Waals surface area contributed by atoms with Gasteiger partial charge in [0.2, 0.25) is 10.0 Å². The van der Waals surface area contributed by atoms with Gasteiger partial charge in [-0.2, -0.15) is 17.0 Å². The molecule has 14 heteroatoms. The Morgan fingerprint density at radius 3 is 2.45 bits per heavy atom. The van der Waals surface area contributed by atoms with E-state index in [1.165, 1.54) is 16.3 Å². The van der Waals surface area contributed by atoms with Gasteiger partial charge in [0.15, 0.2) is 0 Å². The lowest BCUT2D eigenvalue weighted by atomic mass is 9.81. The molecule has 51 heavy (non-hydrogen) atoms. The molecule has 276 valence electrons. The quantitative estimate of drug-likeness (QED) is 0.384. The van der Waals surface area contributed by atoms with Gasteiger partial charge in [0.05, 0.1) is 26.0 Å². The first-order valence-corrected chi connectivity index (χ1v) is 21.3. The number of amides is 1. The third-order valence-corrected chi connectivity index (χ3v) is 16.1. The van der Waals surface area contributed by atoms with Crippen LogP contribution in [0.15, 0.2) is 36.4 Å². The SMILES string of the molecule is COc1ccc2c(c1)CC(C)(S(=O)(=O)N1CCN3CCCC3C1)Cn1c-2c(C2CCCCC2)c2ccc(C(=O)NS(=O)(=O)N3CCOCC3)cc21. The normalized spacial score (nSPS) is 25.6. The second kappa shape index (κ2) is 13.4. The van der Waals surface area contributed by atoms with Gasteiger partial charge < -0.3 is 14.0 Å². The Hall–Kier alpha value is -3.01. The number of hydrogen-bond donors (Lipinski definition) is 1. The predicted octanol–water partition coefficient (Wildman–Crippen LogP) is 4.10. The number of carbonyl (C=O) groups is 1. The minimum absolute atomic E-state index is 0.172. The summed E-state index contributed by atoms with van der Waals surface area (Å²) >= 11 is 0. The van der Waals surface area contributed by atoms with E-state index in [4.69, 9.17) is 9.47 Å². The molecule has 2 unspecified atom stereocenters. The number of ether oxygens (including phenoxy) is 2. The zero-order valence-electron chi connectivity index (χ0n) is 29.6. The summed E-state index contributed by atoms with van der Waals surface area (Å²) in [5.41, 5.74) is 5.03. The van der Waals surface area contributed by atoms with Crippen LogP contribution in [0, 0.1) is 0 Å². The smallest absolute Gasteiger partial charge is 0.304 e. The van der Waals surface area contributed by atoms with Crippen molar-refractivity contribution in [3.05, 3.63) is 53.1 Å². The van der Waals surface area contributed by atoms with E-state index in [-0.39, 0.29) is 50.4 Å². The number of fused-ring (bicyclic) bond motifs is 6. The standard InChI is InChI=1S/C37H49N5O7S2/c1-37(50(44,45)41-16-15-39-14-6-9-29(39)24-41)23-28-21-30(48-2)11-13-31(28)35-34(26-7-4-3-5-8-26)32-12-10-27(22-33(32)42(35)25-37)36(43)38-51(46,47)40-17-19-49-20-18-40/h10-13,21-22,26,29H,3-9,14-20,23-25H2,1-2H3,(H,38,43). The second-order valence-electron chi connectivity index (χ2n) is 15.2. The zero-order chi connectivity index (χ0) is 35.5. The molecule has 12 nitrogen and oxygen atoms in total. The number of rotatable bonds is 7. The average Bonchev–Trinajstić information content (AvgIpc) is 3.70. The van der Waals surface area contributed by atoms with Crippen LogP contribution in [-0.2, 0) is 37.9 Å². The number of aromatic nitrogens is 1. The molecule has 1 amide bonds. The van der Waals surface area contributed by atoms with E-state index in [0.717, 1.165) is 79.3 Å². The summed E-state index contributed by atoms with van der Waals surface area (Å²) in [5, 5.41) is 0.979. The molecule has 4 aliphatic heterocycles. The topological polar surface area (TPSA) is 130 Å². The molecule has 3 saturated heterocycles. The van der Waals surface area contributed by atoms with E-state index in [2.05, 4.69) is 20.3 Å². The first-order chi connectivity index (χ1) is 24.5. The van der Waals surface area contributed by atoms with Crippen molar-refractivity contribution >= 4 is 37.0 Å². The number of nitrogens with one attached hydrogen (secondary N) is 1. The van der Waals surface area contributed by atoms with E-state index in [1.807, 2.05) is 25.1 Å². The lowest BCUT2D eigenvalue weighted by molar-refractivity contribution is 0.0719. The first kappa shape index (κ1) is 35.0. The summed E-state index contributed by atoms with van der Waals surface area (Å²) in [6.45, 7) is 5.67. The average molecular weight is 740 g/mol. The molecule has 3 aromatic rings. The molecule has 2 aromatic carbocycles. The van der Waals surface area contributed by atoms with Gasteiger partial charge in [0, 0.05) is 67.3 Å². The van der Waals surface area contributed by atoms with E-state index < -0.39 is 30.9 Å². The molecule has 1 aromatic heterocycles. The largest absolute Gasteiger partial charge is 0.497 e. The number of hydrogen-bond acceptors (Lipinski definition) is 8. The van der Waals surface area contributed by atoms with Crippen LogP contribution in [-0.4, -0.2) is 111 Å². The zero-order valence-corrected chi connectivity index (χ0v) is 31.2. The highest BCUT2D eigenvalue weighted by Gasteiger charge is 2.49. The minimum atomic E-state index is -4.08. The minimum Gasteiger partial charge on any atom is -0.497 e. The van der Waals surface area contributed by atoms with Crippen LogP contribution in [0.5, 0.6) is 5.75 Å². The van der Waals surface area contributed by atoms with E-state index >= 15 is 8.42 Å². The molecule has 5 aliphatic rings. The van der Waals surface area contributed by atoms with Gasteiger partial charge in [-0.05, 0) is 92.9 Å². The third-order valence-electron chi connectivity index (χ3n) is 12.0. The van der Waals surface area contributed by atoms with Crippen molar-refractivity contribution in [1.82, 2.24) is 22.8 Å². The molecule has 2 atom stereocenters. The Bertz CT molecular complexity index is 2050. The van der Waals surface area contributed by atoms with Crippen LogP contribution in [0.4, 0.5) is 0 Å². The number of carbonyl (C=O) groups excluding carboxylic acids is 1. The Labute approximate surface area is 301 Å². The molecule has 0 bridgehead atoms. The Balaban J connectivity index is 1.28. The predicted molar refractivity (Wildman–Crippen MR) is 196 cm³/mol. The van der Waals surface area contributed by atoms with Gasteiger partial charge in [0.25, 0.3) is 5.91 Å². The number of benzene rings is 2. The molecule has 0 radical (unpaired) electrons. The van der Waals surface area contributed by atoms with Gasteiger partial charge in [-0.15, -0.1) is 0 Å². The molecule has 8 rings (SSSR count). The van der Waals surface area contributed by atoms with Crippen molar-refractivity contribution in [3.8, 4) is 17.0 Å². The van der Waals surface area contributed by atoms with Crippen molar-refractivity contribution in [3.63, 3.8) is 0 Å². The van der Waals surface area contributed by atoms with E-state index in [1.54, 1.807) is 23.5 Å². The molecule has 5 heterocycles. The fourth-order valence-corrected chi connectivity index (χ4v) is 12.4. The van der Waals surface area contributed by atoms with Crippen molar-refractivity contribution in [2.45, 2.75) is 81.5 Å². The van der Waals surface area contributed by atoms with Crippen LogP contribution < -0.4 is 9.46 Å². The fraction of sp³-hybridized carbons (Fsp3) is 0.595. The summed E-state index contributed by atoms with van der Waals surface area (Å²) in [6, 6.07) is 11.6. The van der Waals surface area contributed by atoms with Gasteiger partial charge in [-0.3, -0.25) is 9.69 Å². The Kier molecular flexibility index (Phi) is 9.24. The van der Waals surface area contributed by atoms with Gasteiger partial charge in [-0.25, -0.2) is 13.1 Å². The van der Waals surface area contributed by atoms with E-state index in [0.29, 0.717) is 25.3 Å². The monoisotopic (exact) mass is 739 g/mol. The highest BCUT2D eigenvalue weighted by atomic mass is 32.2. The molecule has 4 fully saturated rings. The number of methoxy groups -OCH3 is 1. The van der Waals surface area contributed by atoms with Crippen molar-refractivity contribution < 1.29 is 31.1 Å². The Morgan fingerprint density at radius 2 is 1.69 bits per heavy atom. The molecule has 0 spiro atoms. The van der Waals surface area contributed by atoms with E-state index in [9.17, 15) is 13.2 Å². The lowest BCUT2D eigenvalue weighted by Crippen LogP contribution is -2.58. The highest BCUT2D eigenvalue weighted by molar-refractivity contribution is 7.90. The number of piperazine rings is 1. The van der Waals surface area contributed by atoms with Crippen molar-refractivity contribution in [2.75, 3.05) is 59.6 Å². The van der Waals surface area contributed by atoms with Crippen LogP contribution >= 0.6 is 0 Å². The maximum atomic E-state index is 15.0. The number of sulfonamides is 1. The van der Waals surface area contributed by atoms with Gasteiger partial charge in [-0.1, -0.05) is 25.3 Å². The van der Waals surface area contributed by atoms with Crippen molar-refractivity contribution in [1.29, 1.82) is 0 Å².